The molecule has 0 unspecified atom stereocenters. The first kappa shape index (κ1) is 20.7. The van der Waals surface area contributed by atoms with E-state index in [1.807, 2.05) is 6.92 Å². The van der Waals surface area contributed by atoms with Crippen LogP contribution in [0.4, 0.5) is 10.1 Å². The summed E-state index contributed by atoms with van der Waals surface area (Å²) in [6.07, 6.45) is 2.68. The number of benzene rings is 2. The molecule has 1 aliphatic carbocycles. The van der Waals surface area contributed by atoms with Crippen LogP contribution in [-0.4, -0.2) is 17.6 Å². The number of rotatable bonds is 9. The van der Waals surface area contributed by atoms with Gasteiger partial charge < -0.3 is 15.2 Å². The highest BCUT2D eigenvalue weighted by molar-refractivity contribution is 6.37. The maximum absolute atomic E-state index is 14.8. The Labute approximate surface area is 173 Å². The number of hydrogen-bond donors (Lipinski definition) is 2. The lowest BCUT2D eigenvalue weighted by Crippen LogP contribution is -2.08. The Morgan fingerprint density at radius 1 is 1.25 bits per heavy atom. The van der Waals surface area contributed by atoms with Crippen LogP contribution in [-0.2, 0) is 17.8 Å². The van der Waals surface area contributed by atoms with Crippen LogP contribution in [0.1, 0.15) is 36.0 Å². The molecule has 0 amide bonds. The van der Waals surface area contributed by atoms with Crippen molar-refractivity contribution in [3.63, 3.8) is 0 Å². The summed E-state index contributed by atoms with van der Waals surface area (Å²) in [7, 11) is 0. The van der Waals surface area contributed by atoms with Crippen LogP contribution in [0.25, 0.3) is 0 Å². The molecule has 2 aromatic rings. The minimum absolute atomic E-state index is 0.0144. The molecule has 0 radical (unpaired) electrons. The molecule has 0 heterocycles. The summed E-state index contributed by atoms with van der Waals surface area (Å²) in [5.74, 6) is -0.335. The van der Waals surface area contributed by atoms with E-state index in [0.29, 0.717) is 29.2 Å². The largest absolute Gasteiger partial charge is 0.486 e. The highest BCUT2D eigenvalue weighted by atomic mass is 35.5. The predicted molar refractivity (Wildman–Crippen MR) is 109 cm³/mol. The topological polar surface area (TPSA) is 58.6 Å². The number of carbonyl (C=O) groups is 1. The molecule has 28 heavy (non-hydrogen) atoms. The number of carboxylic acids is 1. The van der Waals surface area contributed by atoms with Gasteiger partial charge >= 0.3 is 5.97 Å². The number of halogens is 3. The van der Waals surface area contributed by atoms with Crippen molar-refractivity contribution in [1.82, 2.24) is 0 Å². The maximum atomic E-state index is 14.8. The number of hydrogen-bond acceptors (Lipinski definition) is 3. The van der Waals surface area contributed by atoms with E-state index < -0.39 is 5.97 Å². The third-order valence-corrected chi connectivity index (χ3v) is 5.19. The van der Waals surface area contributed by atoms with Gasteiger partial charge in [0, 0.05) is 18.5 Å². The zero-order chi connectivity index (χ0) is 20.3. The SMILES string of the molecule is Cc1cc(COc2c(Cl)cc(CCC(=O)O)cc2Cl)c(F)c(NCC2CC2)c1. The van der Waals surface area contributed by atoms with Gasteiger partial charge in [-0.05, 0) is 67.5 Å². The average molecular weight is 426 g/mol. The van der Waals surface area contributed by atoms with Gasteiger partial charge in [-0.3, -0.25) is 4.79 Å². The molecule has 0 bridgehead atoms. The first-order valence-corrected chi connectivity index (χ1v) is 9.94. The zero-order valence-electron chi connectivity index (χ0n) is 15.5. The second-order valence-corrected chi connectivity index (χ2v) is 8.00. The molecule has 0 saturated heterocycles. The van der Waals surface area contributed by atoms with E-state index >= 15 is 0 Å². The van der Waals surface area contributed by atoms with Gasteiger partial charge in [-0.15, -0.1) is 0 Å². The third-order valence-electron chi connectivity index (χ3n) is 4.63. The van der Waals surface area contributed by atoms with Crippen molar-refractivity contribution in [1.29, 1.82) is 0 Å². The smallest absolute Gasteiger partial charge is 0.303 e. The second-order valence-electron chi connectivity index (χ2n) is 7.18. The summed E-state index contributed by atoms with van der Waals surface area (Å²) in [5.41, 5.74) is 2.53. The first-order valence-electron chi connectivity index (χ1n) is 9.19. The maximum Gasteiger partial charge on any atom is 0.303 e. The van der Waals surface area contributed by atoms with Crippen LogP contribution in [0.2, 0.25) is 10.0 Å². The molecule has 0 spiro atoms. The highest BCUT2D eigenvalue weighted by Gasteiger charge is 2.22. The Morgan fingerprint density at radius 2 is 1.93 bits per heavy atom. The molecule has 4 nitrogen and oxygen atoms in total. The van der Waals surface area contributed by atoms with Gasteiger partial charge in [0.1, 0.15) is 6.61 Å². The highest BCUT2D eigenvalue weighted by Crippen LogP contribution is 2.36. The van der Waals surface area contributed by atoms with E-state index in [-0.39, 0.29) is 34.6 Å². The van der Waals surface area contributed by atoms with Crippen LogP contribution < -0.4 is 10.1 Å². The molecule has 150 valence electrons. The first-order chi connectivity index (χ1) is 13.3. The fraction of sp³-hybridized carbons (Fsp3) is 0.381. The Balaban J connectivity index is 1.71. The number of nitrogens with one attached hydrogen (secondary N) is 1. The molecular formula is C21H22Cl2FNO3. The standard InChI is InChI=1S/C21H22Cl2FNO3/c1-12-6-15(20(24)18(7-12)25-10-13-2-3-13)11-28-21-16(22)8-14(9-17(21)23)4-5-19(26)27/h6-9,13,25H,2-5,10-11H2,1H3,(H,26,27). The van der Waals surface area contributed by atoms with Gasteiger partial charge in [0.15, 0.2) is 11.6 Å². The van der Waals surface area contributed by atoms with Crippen molar-refractivity contribution in [2.24, 2.45) is 5.92 Å². The lowest BCUT2D eigenvalue weighted by Gasteiger charge is -2.15. The van der Waals surface area contributed by atoms with Crippen LogP contribution in [0.15, 0.2) is 24.3 Å². The Morgan fingerprint density at radius 3 is 2.54 bits per heavy atom. The number of aliphatic carboxylic acids is 1. The predicted octanol–water partition coefficient (Wildman–Crippen LogP) is 5.86. The summed E-state index contributed by atoms with van der Waals surface area (Å²) in [6, 6.07) is 6.78. The Hall–Kier alpha value is -1.98. The molecular weight excluding hydrogens is 404 g/mol. The number of carboxylic acid groups (broad SMARTS) is 1. The molecule has 7 heteroatoms. The van der Waals surface area contributed by atoms with E-state index in [2.05, 4.69) is 5.32 Å². The molecule has 3 rings (SSSR count). The molecule has 0 atom stereocenters. The van der Waals surface area contributed by atoms with Gasteiger partial charge in [-0.25, -0.2) is 4.39 Å². The molecule has 2 N–H and O–H groups in total. The van der Waals surface area contributed by atoms with Crippen molar-refractivity contribution < 1.29 is 19.0 Å². The minimum atomic E-state index is -0.895. The minimum Gasteiger partial charge on any atom is -0.486 e. The lowest BCUT2D eigenvalue weighted by atomic mass is 10.1. The van der Waals surface area contributed by atoms with Gasteiger partial charge in [-0.1, -0.05) is 23.2 Å². The van der Waals surface area contributed by atoms with Crippen LogP contribution in [0.3, 0.4) is 0 Å². The molecule has 0 aliphatic heterocycles. The fourth-order valence-corrected chi connectivity index (χ4v) is 3.59. The van der Waals surface area contributed by atoms with Crippen molar-refractivity contribution in [2.75, 3.05) is 11.9 Å². The van der Waals surface area contributed by atoms with Crippen LogP contribution in [0, 0.1) is 18.7 Å². The summed E-state index contributed by atoms with van der Waals surface area (Å²) >= 11 is 12.5. The summed E-state index contributed by atoms with van der Waals surface area (Å²) < 4.78 is 20.5. The van der Waals surface area contributed by atoms with Crippen LogP contribution in [0.5, 0.6) is 5.75 Å². The summed E-state index contributed by atoms with van der Waals surface area (Å²) in [5, 5.41) is 12.5. The van der Waals surface area contributed by atoms with Crippen molar-refractivity contribution in [3.05, 3.63) is 56.8 Å². The quantitative estimate of drug-likeness (QED) is 0.528. The molecule has 2 aromatic carbocycles. The number of aryl methyl sites for hydroxylation is 2. The monoisotopic (exact) mass is 425 g/mol. The fourth-order valence-electron chi connectivity index (χ4n) is 2.95. The van der Waals surface area contributed by atoms with Gasteiger partial charge in [-0.2, -0.15) is 0 Å². The van der Waals surface area contributed by atoms with Gasteiger partial charge in [0.25, 0.3) is 0 Å². The van der Waals surface area contributed by atoms with Crippen molar-refractivity contribution >= 4 is 34.9 Å². The number of ether oxygens (including phenoxy) is 1. The normalized spacial score (nSPS) is 13.4. The van der Waals surface area contributed by atoms with E-state index in [0.717, 1.165) is 12.1 Å². The van der Waals surface area contributed by atoms with E-state index in [1.54, 1.807) is 24.3 Å². The van der Waals surface area contributed by atoms with Crippen molar-refractivity contribution in [2.45, 2.75) is 39.2 Å². The lowest BCUT2D eigenvalue weighted by molar-refractivity contribution is -0.136. The summed E-state index contributed by atoms with van der Waals surface area (Å²) in [6.45, 7) is 2.66. The van der Waals surface area contributed by atoms with Crippen molar-refractivity contribution in [3.8, 4) is 5.75 Å². The average Bonchev–Trinajstić information content (AvgIpc) is 3.44. The van der Waals surface area contributed by atoms with E-state index in [4.69, 9.17) is 33.0 Å². The third kappa shape index (κ3) is 5.52. The molecule has 1 fully saturated rings. The molecule has 1 aliphatic rings. The van der Waals surface area contributed by atoms with Crippen LogP contribution >= 0.6 is 23.2 Å². The molecule has 0 aromatic heterocycles. The Kier molecular flexibility index (Phi) is 6.68. The Bertz CT molecular complexity index is 861. The summed E-state index contributed by atoms with van der Waals surface area (Å²) in [4.78, 5) is 10.7. The second kappa shape index (κ2) is 9.01. The number of anilines is 1. The zero-order valence-corrected chi connectivity index (χ0v) is 17.0. The van der Waals surface area contributed by atoms with E-state index in [1.165, 1.54) is 12.8 Å². The van der Waals surface area contributed by atoms with E-state index in [9.17, 15) is 9.18 Å². The van der Waals surface area contributed by atoms with Gasteiger partial charge in [0.05, 0.1) is 15.7 Å². The molecule has 1 saturated carbocycles. The van der Waals surface area contributed by atoms with Gasteiger partial charge in [0.2, 0.25) is 0 Å².